The van der Waals surface area contributed by atoms with Crippen LogP contribution in [0.25, 0.3) is 10.8 Å². The third kappa shape index (κ3) is 4.25. The maximum atomic E-state index is 12.1. The van der Waals surface area contributed by atoms with Gasteiger partial charge in [0.25, 0.3) is 0 Å². The van der Waals surface area contributed by atoms with Crippen molar-refractivity contribution in [3.63, 3.8) is 0 Å². The number of ether oxygens (including phenoxy) is 2. The number of carbonyl (C=O) groups excluding carboxylic acids is 2. The molecule has 3 rings (SSSR count). The molecule has 0 spiro atoms. The Balaban J connectivity index is 1.52. The van der Waals surface area contributed by atoms with Gasteiger partial charge in [0.2, 0.25) is 5.78 Å². The van der Waals surface area contributed by atoms with E-state index in [2.05, 4.69) is 0 Å². The van der Waals surface area contributed by atoms with Crippen molar-refractivity contribution in [1.29, 1.82) is 0 Å². The molecule has 0 bridgehead atoms. The number of ketones is 1. The van der Waals surface area contributed by atoms with Crippen molar-refractivity contribution < 1.29 is 19.1 Å². The number of fused-ring (bicyclic) bond motifs is 1. The second kappa shape index (κ2) is 7.49. The summed E-state index contributed by atoms with van der Waals surface area (Å²) in [5, 5.41) is 2.14. The monoisotopic (exact) mass is 354 g/mol. The molecule has 0 radical (unpaired) electrons. The summed E-state index contributed by atoms with van der Waals surface area (Å²) < 4.78 is 10.5. The molecule has 0 fully saturated rings. The number of Topliss-reactive ketones (excluding diaryl/α,β-unsaturated/α-hetero) is 1. The molecule has 0 N–H and O–H groups in total. The highest BCUT2D eigenvalue weighted by Crippen LogP contribution is 2.22. The van der Waals surface area contributed by atoms with Crippen LogP contribution in [-0.4, -0.2) is 25.0 Å². The van der Waals surface area contributed by atoms with E-state index in [1.807, 2.05) is 56.3 Å². The van der Waals surface area contributed by atoms with Gasteiger partial charge in [0.15, 0.2) is 13.2 Å². The number of hydrogen-bond acceptors (Lipinski definition) is 5. The lowest BCUT2D eigenvalue weighted by Gasteiger charge is -2.07. The van der Waals surface area contributed by atoms with Crippen LogP contribution in [0.1, 0.15) is 20.1 Å². The minimum Gasteiger partial charge on any atom is -0.482 e. The van der Waals surface area contributed by atoms with Gasteiger partial charge in [0.05, 0.1) is 0 Å². The number of carbonyl (C=O) groups is 2. The summed E-state index contributed by atoms with van der Waals surface area (Å²) in [5.41, 5.74) is 0.616. The molecule has 0 saturated heterocycles. The van der Waals surface area contributed by atoms with Crippen LogP contribution in [0.15, 0.2) is 48.5 Å². The molecule has 5 heteroatoms. The first-order valence-electron chi connectivity index (χ1n) is 7.90. The normalized spacial score (nSPS) is 10.6. The van der Waals surface area contributed by atoms with Crippen LogP contribution in [0.2, 0.25) is 0 Å². The Morgan fingerprint density at radius 1 is 0.960 bits per heavy atom. The minimum atomic E-state index is -0.564. The molecule has 0 aliphatic rings. The average Bonchev–Trinajstić information content (AvgIpc) is 2.96. The lowest BCUT2D eigenvalue weighted by atomic mass is 10.1. The van der Waals surface area contributed by atoms with Crippen LogP contribution in [0.4, 0.5) is 0 Å². The molecule has 4 nitrogen and oxygen atoms in total. The van der Waals surface area contributed by atoms with Gasteiger partial charge in [-0.15, -0.1) is 11.3 Å². The first-order chi connectivity index (χ1) is 12.0. The van der Waals surface area contributed by atoms with Gasteiger partial charge < -0.3 is 9.47 Å². The van der Waals surface area contributed by atoms with E-state index < -0.39 is 5.97 Å². The van der Waals surface area contributed by atoms with E-state index in [9.17, 15) is 9.59 Å². The molecule has 0 saturated carbocycles. The maximum absolute atomic E-state index is 12.1. The number of thiophene rings is 1. The zero-order valence-electron chi connectivity index (χ0n) is 14.1. The Morgan fingerprint density at radius 2 is 1.72 bits per heavy atom. The Labute approximate surface area is 150 Å². The van der Waals surface area contributed by atoms with Crippen molar-refractivity contribution in [3.05, 3.63) is 63.8 Å². The quantitative estimate of drug-likeness (QED) is 0.488. The van der Waals surface area contributed by atoms with E-state index in [-0.39, 0.29) is 19.0 Å². The first kappa shape index (κ1) is 17.2. The average molecular weight is 354 g/mol. The lowest BCUT2D eigenvalue weighted by molar-refractivity contribution is -0.144. The lowest BCUT2D eigenvalue weighted by Crippen LogP contribution is -2.19. The van der Waals surface area contributed by atoms with Gasteiger partial charge in [-0.2, -0.15) is 0 Å². The summed E-state index contributed by atoms with van der Waals surface area (Å²) in [6.45, 7) is 3.33. The molecule has 1 heterocycles. The molecular formula is C20H18O4S. The third-order valence-corrected chi connectivity index (χ3v) is 4.75. The highest BCUT2D eigenvalue weighted by Gasteiger charge is 2.14. The van der Waals surface area contributed by atoms with E-state index in [1.54, 1.807) is 17.4 Å². The SMILES string of the molecule is Cc1cc(C(=O)COC(=O)COc2ccc3ccccc3c2)c(C)s1. The van der Waals surface area contributed by atoms with E-state index in [4.69, 9.17) is 9.47 Å². The fraction of sp³-hybridized carbons (Fsp3) is 0.200. The number of rotatable bonds is 6. The van der Waals surface area contributed by atoms with Crippen molar-refractivity contribution in [3.8, 4) is 5.75 Å². The molecule has 0 atom stereocenters. The Hall–Kier alpha value is -2.66. The molecule has 3 aromatic rings. The van der Waals surface area contributed by atoms with Crippen molar-refractivity contribution in [2.24, 2.45) is 0 Å². The molecule has 0 unspecified atom stereocenters. The molecule has 0 amide bonds. The number of hydrogen-bond donors (Lipinski definition) is 0. The van der Waals surface area contributed by atoms with Crippen molar-refractivity contribution in [2.75, 3.05) is 13.2 Å². The summed E-state index contributed by atoms with van der Waals surface area (Å²) in [6.07, 6.45) is 0. The van der Waals surface area contributed by atoms with E-state index in [1.165, 1.54) is 0 Å². The van der Waals surface area contributed by atoms with Gasteiger partial charge >= 0.3 is 5.97 Å². The van der Waals surface area contributed by atoms with Crippen LogP contribution < -0.4 is 4.74 Å². The van der Waals surface area contributed by atoms with Gasteiger partial charge in [-0.05, 0) is 42.8 Å². The molecule has 0 aliphatic carbocycles. The zero-order valence-corrected chi connectivity index (χ0v) is 14.9. The van der Waals surface area contributed by atoms with Crippen LogP contribution in [-0.2, 0) is 9.53 Å². The Morgan fingerprint density at radius 3 is 2.44 bits per heavy atom. The predicted molar refractivity (Wildman–Crippen MR) is 98.5 cm³/mol. The second-order valence-corrected chi connectivity index (χ2v) is 7.17. The highest BCUT2D eigenvalue weighted by molar-refractivity contribution is 7.12. The molecular weight excluding hydrogens is 336 g/mol. The minimum absolute atomic E-state index is 0.194. The largest absolute Gasteiger partial charge is 0.482 e. The van der Waals surface area contributed by atoms with Gasteiger partial charge in [-0.3, -0.25) is 4.79 Å². The molecule has 2 aromatic carbocycles. The number of esters is 1. The molecule has 1 aromatic heterocycles. The van der Waals surface area contributed by atoms with E-state index in [0.717, 1.165) is 20.5 Å². The van der Waals surface area contributed by atoms with Crippen LogP contribution in [0.5, 0.6) is 5.75 Å². The van der Waals surface area contributed by atoms with Crippen molar-refractivity contribution >= 4 is 33.9 Å². The van der Waals surface area contributed by atoms with Gasteiger partial charge in [-0.1, -0.05) is 30.3 Å². The Bertz CT molecular complexity index is 926. The standard InChI is InChI=1S/C20H18O4S/c1-13-9-18(14(2)25-13)19(21)11-24-20(22)12-23-17-8-7-15-5-3-4-6-16(15)10-17/h3-10H,11-12H2,1-2H3. The topological polar surface area (TPSA) is 52.6 Å². The van der Waals surface area contributed by atoms with Gasteiger partial charge in [0.1, 0.15) is 5.75 Å². The summed E-state index contributed by atoms with van der Waals surface area (Å²) in [5.74, 6) is -0.168. The predicted octanol–water partition coefficient (Wildman–Crippen LogP) is 4.32. The summed E-state index contributed by atoms with van der Waals surface area (Å²) in [7, 11) is 0. The molecule has 0 aliphatic heterocycles. The van der Waals surface area contributed by atoms with Gasteiger partial charge in [0, 0.05) is 15.3 Å². The first-order valence-corrected chi connectivity index (χ1v) is 8.72. The highest BCUT2D eigenvalue weighted by atomic mass is 32.1. The van der Waals surface area contributed by atoms with Crippen LogP contribution >= 0.6 is 11.3 Å². The smallest absolute Gasteiger partial charge is 0.344 e. The summed E-state index contributed by atoms with van der Waals surface area (Å²) in [4.78, 5) is 25.9. The molecule has 128 valence electrons. The van der Waals surface area contributed by atoms with E-state index >= 15 is 0 Å². The second-order valence-electron chi connectivity index (χ2n) is 5.71. The van der Waals surface area contributed by atoms with Gasteiger partial charge in [-0.25, -0.2) is 4.79 Å². The van der Waals surface area contributed by atoms with Crippen LogP contribution in [0.3, 0.4) is 0 Å². The maximum Gasteiger partial charge on any atom is 0.344 e. The summed E-state index contributed by atoms with van der Waals surface area (Å²) in [6, 6.07) is 15.3. The van der Waals surface area contributed by atoms with Crippen LogP contribution in [0, 0.1) is 13.8 Å². The Kier molecular flexibility index (Phi) is 5.14. The molecule has 25 heavy (non-hydrogen) atoms. The fourth-order valence-corrected chi connectivity index (χ4v) is 3.52. The number of benzene rings is 2. The third-order valence-electron chi connectivity index (χ3n) is 3.78. The number of aryl methyl sites for hydroxylation is 2. The van der Waals surface area contributed by atoms with E-state index in [0.29, 0.717) is 11.3 Å². The van der Waals surface area contributed by atoms with Crippen molar-refractivity contribution in [2.45, 2.75) is 13.8 Å². The zero-order chi connectivity index (χ0) is 17.8. The summed E-state index contributed by atoms with van der Waals surface area (Å²) >= 11 is 1.55. The fourth-order valence-electron chi connectivity index (χ4n) is 2.57. The van der Waals surface area contributed by atoms with Crippen molar-refractivity contribution in [1.82, 2.24) is 0 Å².